The molecule has 100 valence electrons. The summed E-state index contributed by atoms with van der Waals surface area (Å²) in [6, 6.07) is 0.450. The van der Waals surface area contributed by atoms with Gasteiger partial charge in [0, 0.05) is 19.1 Å². The van der Waals surface area contributed by atoms with E-state index in [1.165, 1.54) is 0 Å². The normalized spacial score (nSPS) is 22.1. The predicted molar refractivity (Wildman–Crippen MR) is 75.4 cm³/mol. The van der Waals surface area contributed by atoms with Crippen LogP contribution >= 0.6 is 11.6 Å². The first kappa shape index (κ1) is 13.6. The largest absolute Gasteiger partial charge is 0.351 e. The molecule has 1 fully saturated rings. The molecule has 0 saturated carbocycles. The molecule has 1 aliphatic rings. The Morgan fingerprint density at radius 1 is 1.17 bits per heavy atom. The number of likely N-dealkylation sites (N-methyl/N-ethyl adjacent to an activating group) is 1. The predicted octanol–water partition coefficient (Wildman–Crippen LogP) is 2.28. The van der Waals surface area contributed by atoms with E-state index in [-0.39, 0.29) is 0 Å². The van der Waals surface area contributed by atoms with Crippen molar-refractivity contribution in [3.63, 3.8) is 0 Å². The molecule has 1 saturated heterocycles. The van der Waals surface area contributed by atoms with E-state index in [1.54, 1.807) is 0 Å². The highest BCUT2D eigenvalue weighted by atomic mass is 35.5. The Balaban J connectivity index is 2.33. The van der Waals surface area contributed by atoms with Gasteiger partial charge in [-0.1, -0.05) is 11.6 Å². The van der Waals surface area contributed by atoms with Gasteiger partial charge in [-0.2, -0.15) is 0 Å². The van der Waals surface area contributed by atoms with Gasteiger partial charge in [-0.15, -0.1) is 10.2 Å². The molecule has 2 rings (SSSR count). The van der Waals surface area contributed by atoms with E-state index in [2.05, 4.69) is 40.9 Å². The van der Waals surface area contributed by atoms with E-state index in [0.717, 1.165) is 43.0 Å². The molecule has 0 amide bonds. The topological polar surface area (TPSA) is 32.3 Å². The van der Waals surface area contributed by atoms with Gasteiger partial charge < -0.3 is 9.80 Å². The van der Waals surface area contributed by atoms with Gasteiger partial charge >= 0.3 is 0 Å². The Morgan fingerprint density at radius 2 is 1.89 bits per heavy atom. The van der Waals surface area contributed by atoms with Crippen LogP contribution in [-0.4, -0.2) is 47.8 Å². The Labute approximate surface area is 114 Å². The lowest BCUT2D eigenvalue weighted by atomic mass is 10.1. The minimum absolute atomic E-state index is 0.450. The van der Waals surface area contributed by atoms with E-state index < -0.39 is 0 Å². The molecular weight excluding hydrogens is 248 g/mol. The molecule has 0 spiro atoms. The zero-order valence-electron chi connectivity index (χ0n) is 11.6. The highest BCUT2D eigenvalue weighted by molar-refractivity contribution is 6.30. The van der Waals surface area contributed by atoms with Gasteiger partial charge in [0.1, 0.15) is 0 Å². The van der Waals surface area contributed by atoms with Crippen LogP contribution in [0.2, 0.25) is 5.15 Å². The third kappa shape index (κ3) is 2.59. The highest BCUT2D eigenvalue weighted by Gasteiger charge is 2.23. The molecule has 0 aromatic carbocycles. The molecule has 1 aromatic rings. The van der Waals surface area contributed by atoms with Crippen LogP contribution in [0.15, 0.2) is 0 Å². The first-order chi connectivity index (χ1) is 8.50. The molecule has 0 N–H and O–H groups in total. The fourth-order valence-electron chi connectivity index (χ4n) is 2.52. The zero-order valence-corrected chi connectivity index (χ0v) is 12.3. The summed E-state index contributed by atoms with van der Waals surface area (Å²) < 4.78 is 0. The molecule has 2 heterocycles. The van der Waals surface area contributed by atoms with Crippen molar-refractivity contribution in [1.29, 1.82) is 0 Å². The number of hydrogen-bond donors (Lipinski definition) is 0. The molecule has 4 nitrogen and oxygen atoms in total. The van der Waals surface area contributed by atoms with Gasteiger partial charge in [-0.3, -0.25) is 0 Å². The van der Waals surface area contributed by atoms with Crippen molar-refractivity contribution >= 4 is 17.4 Å². The number of anilines is 1. The highest BCUT2D eigenvalue weighted by Crippen LogP contribution is 2.26. The summed E-state index contributed by atoms with van der Waals surface area (Å²) in [5, 5.41) is 8.87. The van der Waals surface area contributed by atoms with Gasteiger partial charge in [0.2, 0.25) is 0 Å². The van der Waals surface area contributed by atoms with Crippen molar-refractivity contribution in [2.24, 2.45) is 0 Å². The lowest BCUT2D eigenvalue weighted by Gasteiger charge is -2.30. The molecule has 1 unspecified atom stereocenters. The molecule has 1 aromatic heterocycles. The SMILES string of the molecule is Cc1c(Cl)nnc(N2CCCN(C)CC2C)c1C. The molecular formula is C13H21ClN4. The lowest BCUT2D eigenvalue weighted by Crippen LogP contribution is -2.39. The quantitative estimate of drug-likeness (QED) is 0.782. The summed E-state index contributed by atoms with van der Waals surface area (Å²) in [5.74, 6) is 0.986. The van der Waals surface area contributed by atoms with Crippen molar-refractivity contribution in [3.8, 4) is 0 Å². The summed E-state index contributed by atoms with van der Waals surface area (Å²) in [5.41, 5.74) is 2.18. The Bertz CT molecular complexity index is 435. The fraction of sp³-hybridized carbons (Fsp3) is 0.692. The van der Waals surface area contributed by atoms with Crippen LogP contribution in [0.3, 0.4) is 0 Å². The third-order valence-electron chi connectivity index (χ3n) is 3.76. The van der Waals surface area contributed by atoms with E-state index in [4.69, 9.17) is 11.6 Å². The number of hydrogen-bond acceptors (Lipinski definition) is 4. The summed E-state index contributed by atoms with van der Waals surface area (Å²) >= 11 is 6.02. The number of halogens is 1. The Kier molecular flexibility index (Phi) is 4.07. The van der Waals surface area contributed by atoms with Gasteiger partial charge in [-0.25, -0.2) is 0 Å². The maximum absolute atomic E-state index is 6.02. The third-order valence-corrected chi connectivity index (χ3v) is 4.12. The van der Waals surface area contributed by atoms with Crippen molar-refractivity contribution < 1.29 is 0 Å². The van der Waals surface area contributed by atoms with Crippen LogP contribution in [0.5, 0.6) is 0 Å². The van der Waals surface area contributed by atoms with Crippen LogP contribution in [0.1, 0.15) is 24.5 Å². The molecule has 0 bridgehead atoms. The number of aromatic nitrogens is 2. The molecule has 0 aliphatic carbocycles. The Morgan fingerprint density at radius 3 is 2.61 bits per heavy atom. The summed E-state index contributed by atoms with van der Waals surface area (Å²) in [6.45, 7) is 9.55. The first-order valence-electron chi connectivity index (χ1n) is 6.45. The van der Waals surface area contributed by atoms with Crippen LogP contribution < -0.4 is 4.90 Å². The second-order valence-electron chi connectivity index (χ2n) is 5.22. The van der Waals surface area contributed by atoms with Gasteiger partial charge in [0.25, 0.3) is 0 Å². The monoisotopic (exact) mass is 268 g/mol. The maximum Gasteiger partial charge on any atom is 0.155 e. The fourth-order valence-corrected chi connectivity index (χ4v) is 2.70. The van der Waals surface area contributed by atoms with Crippen LogP contribution in [0.25, 0.3) is 0 Å². The molecule has 18 heavy (non-hydrogen) atoms. The van der Waals surface area contributed by atoms with Crippen molar-refractivity contribution in [1.82, 2.24) is 15.1 Å². The number of nitrogens with zero attached hydrogens (tertiary/aromatic N) is 4. The lowest BCUT2D eigenvalue weighted by molar-refractivity contribution is 0.337. The zero-order chi connectivity index (χ0) is 13.3. The van der Waals surface area contributed by atoms with Gasteiger partial charge in [0.05, 0.1) is 0 Å². The standard InChI is InChI=1S/C13H21ClN4/c1-9-8-17(4)6-5-7-18(9)13-11(3)10(2)12(14)15-16-13/h9H,5-8H2,1-4H3. The van der Waals surface area contributed by atoms with Crippen LogP contribution in [0.4, 0.5) is 5.82 Å². The van der Waals surface area contributed by atoms with Crippen molar-refractivity contribution in [2.75, 3.05) is 31.6 Å². The molecule has 0 radical (unpaired) electrons. The van der Waals surface area contributed by atoms with Gasteiger partial charge in [0.15, 0.2) is 11.0 Å². The summed E-state index contributed by atoms with van der Waals surface area (Å²) in [6.07, 6.45) is 1.16. The minimum atomic E-state index is 0.450. The minimum Gasteiger partial charge on any atom is -0.351 e. The second-order valence-corrected chi connectivity index (χ2v) is 5.58. The summed E-state index contributed by atoms with van der Waals surface area (Å²) in [4.78, 5) is 4.73. The average Bonchev–Trinajstić information content (AvgIpc) is 2.48. The average molecular weight is 269 g/mol. The van der Waals surface area contributed by atoms with Crippen LogP contribution in [-0.2, 0) is 0 Å². The van der Waals surface area contributed by atoms with E-state index in [9.17, 15) is 0 Å². The smallest absolute Gasteiger partial charge is 0.155 e. The first-order valence-corrected chi connectivity index (χ1v) is 6.83. The Hall–Kier alpha value is -0.870. The molecule has 1 aliphatic heterocycles. The van der Waals surface area contributed by atoms with E-state index >= 15 is 0 Å². The van der Waals surface area contributed by atoms with E-state index in [0.29, 0.717) is 11.2 Å². The van der Waals surface area contributed by atoms with Gasteiger partial charge in [-0.05, 0) is 51.9 Å². The molecule has 1 atom stereocenters. The van der Waals surface area contributed by atoms with Crippen LogP contribution in [0, 0.1) is 13.8 Å². The maximum atomic E-state index is 6.02. The van der Waals surface area contributed by atoms with E-state index in [1.807, 2.05) is 6.92 Å². The molecule has 5 heteroatoms. The van der Waals surface area contributed by atoms with Crippen molar-refractivity contribution in [2.45, 2.75) is 33.2 Å². The van der Waals surface area contributed by atoms with Crippen molar-refractivity contribution in [3.05, 3.63) is 16.3 Å². The number of rotatable bonds is 1. The summed E-state index contributed by atoms with van der Waals surface area (Å²) in [7, 11) is 2.17. The second kappa shape index (κ2) is 5.41.